The van der Waals surface area contributed by atoms with Crippen molar-refractivity contribution in [2.75, 3.05) is 19.3 Å². The number of ether oxygens (including phenoxy) is 1. The minimum absolute atomic E-state index is 0.178. The topological polar surface area (TPSA) is 29.5 Å². The van der Waals surface area contributed by atoms with Crippen LogP contribution in [0.5, 0.6) is 0 Å². The number of amides is 1. The molecule has 0 aromatic heterocycles. The van der Waals surface area contributed by atoms with E-state index in [0.29, 0.717) is 13.2 Å². The van der Waals surface area contributed by atoms with Crippen LogP contribution >= 0.6 is 23.8 Å². The number of rotatable bonds is 13. The van der Waals surface area contributed by atoms with Gasteiger partial charge >= 0.3 is 6.09 Å². The Morgan fingerprint density at radius 3 is 1.38 bits per heavy atom. The molecule has 1 fully saturated rings. The van der Waals surface area contributed by atoms with E-state index in [0.717, 1.165) is 25.4 Å². The van der Waals surface area contributed by atoms with Gasteiger partial charge in [-0.2, -0.15) is 0 Å². The van der Waals surface area contributed by atoms with Gasteiger partial charge in [0.25, 0.3) is 0 Å². The van der Waals surface area contributed by atoms with E-state index in [1.54, 1.807) is 0 Å². The molecule has 6 aromatic rings. The van der Waals surface area contributed by atoms with Crippen LogP contribution in [-0.2, 0) is 4.74 Å². The molecule has 0 saturated carbocycles. The summed E-state index contributed by atoms with van der Waals surface area (Å²) >= 11 is 0. The lowest BCUT2D eigenvalue weighted by molar-refractivity contribution is 0.0941. The lowest BCUT2D eigenvalue weighted by Crippen LogP contribution is -2.52. The number of carbonyl (C=O) groups excluding carboxylic acids is 1. The van der Waals surface area contributed by atoms with Gasteiger partial charge in [-0.15, -0.1) is 0 Å². The first-order valence-corrected chi connectivity index (χ1v) is 22.6. The zero-order valence-electron chi connectivity index (χ0n) is 29.7. The predicted octanol–water partition coefficient (Wildman–Crippen LogP) is 9.09. The van der Waals surface area contributed by atoms with Crippen LogP contribution in [0.1, 0.15) is 26.2 Å². The van der Waals surface area contributed by atoms with Crippen LogP contribution < -0.4 is 31.8 Å². The van der Waals surface area contributed by atoms with Crippen molar-refractivity contribution in [3.8, 4) is 0 Å². The van der Waals surface area contributed by atoms with Gasteiger partial charge in [0.1, 0.15) is 0 Å². The van der Waals surface area contributed by atoms with Crippen LogP contribution in [0.2, 0.25) is 0 Å². The first kappa shape index (κ1) is 36.2. The van der Waals surface area contributed by atoms with E-state index in [9.17, 15) is 4.79 Å². The van der Waals surface area contributed by atoms with Crippen LogP contribution in [0, 0.1) is 0 Å². The highest BCUT2D eigenvalue weighted by Gasteiger charge is 2.57. The van der Waals surface area contributed by atoms with Gasteiger partial charge in [0.05, 0.1) is 11.9 Å². The van der Waals surface area contributed by atoms with Gasteiger partial charge in [0.2, 0.25) is 0 Å². The zero-order valence-corrected chi connectivity index (χ0v) is 32.4. The van der Waals surface area contributed by atoms with Crippen LogP contribution in [-0.4, -0.2) is 41.2 Å². The van der Waals surface area contributed by atoms with Crippen molar-refractivity contribution in [3.05, 3.63) is 182 Å². The molecule has 1 heterocycles. The van der Waals surface area contributed by atoms with E-state index < -0.39 is 29.0 Å². The molecule has 1 amide bonds. The highest BCUT2D eigenvalue weighted by Crippen LogP contribution is 2.63. The fourth-order valence-electron chi connectivity index (χ4n) is 7.50. The van der Waals surface area contributed by atoms with Gasteiger partial charge < -0.3 is 4.74 Å². The molecule has 262 valence electrons. The third kappa shape index (κ3) is 8.09. The van der Waals surface area contributed by atoms with E-state index in [4.69, 9.17) is 4.74 Å². The van der Waals surface area contributed by atoms with Crippen LogP contribution in [0.4, 0.5) is 4.79 Å². The van der Waals surface area contributed by atoms with Gasteiger partial charge in [0.15, 0.2) is 0 Å². The first-order chi connectivity index (χ1) is 25.7. The number of hydrogen-bond acceptors (Lipinski definition) is 2. The molecular formula is C46H46NO2P3. The summed E-state index contributed by atoms with van der Waals surface area (Å²) in [7, 11) is -2.75. The summed E-state index contributed by atoms with van der Waals surface area (Å²) in [6.07, 6.45) is 3.35. The van der Waals surface area contributed by atoms with E-state index in [1.165, 1.54) is 31.8 Å². The smallest absolute Gasteiger partial charge is 0.410 e. The summed E-state index contributed by atoms with van der Waals surface area (Å²) in [5.74, 6) is 0. The lowest BCUT2D eigenvalue weighted by atomic mass is 10.2. The Hall–Kier alpha value is -4.12. The molecule has 0 spiro atoms. The average Bonchev–Trinajstić information content (AvgIpc) is 3.58. The van der Waals surface area contributed by atoms with Gasteiger partial charge in [0, 0.05) is 18.4 Å². The highest BCUT2D eigenvalue weighted by atomic mass is 31.1. The maximum Gasteiger partial charge on any atom is 0.410 e. The van der Waals surface area contributed by atoms with Crippen molar-refractivity contribution in [2.45, 2.75) is 37.1 Å². The Kier molecular flexibility index (Phi) is 12.3. The standard InChI is InChI=1S/C46H46NO2P3/c1-2-3-34-49-45(48)47-36-44(51(40-26-14-6-15-27-40)41-28-16-7-17-29-41)35-46(47,52(42-30-18-8-19-31-42)43-32-20-9-21-33-43)37-50(38-22-10-4-11-23-38)39-24-12-5-13-25-39/h4-33,44H,2-3,34-37H2,1H3. The van der Waals surface area contributed by atoms with Crippen molar-refractivity contribution >= 4 is 61.7 Å². The zero-order chi connectivity index (χ0) is 35.6. The third-order valence-electron chi connectivity index (χ3n) is 9.83. The maximum atomic E-state index is 14.9. The Morgan fingerprint density at radius 2 is 0.981 bits per heavy atom. The van der Waals surface area contributed by atoms with Gasteiger partial charge in [-0.1, -0.05) is 195 Å². The summed E-state index contributed by atoms with van der Waals surface area (Å²) in [5.41, 5.74) is 0.222. The van der Waals surface area contributed by atoms with Crippen LogP contribution in [0.15, 0.2) is 182 Å². The average molecular weight is 738 g/mol. The maximum absolute atomic E-state index is 14.9. The molecule has 0 N–H and O–H groups in total. The largest absolute Gasteiger partial charge is 0.449 e. The van der Waals surface area contributed by atoms with Gasteiger partial charge in [-0.05, 0) is 68.4 Å². The molecule has 3 nitrogen and oxygen atoms in total. The Balaban J connectivity index is 1.48. The van der Waals surface area contributed by atoms with E-state index in [1.807, 2.05) is 0 Å². The summed E-state index contributed by atoms with van der Waals surface area (Å²) in [6, 6.07) is 66.1. The van der Waals surface area contributed by atoms with Crippen molar-refractivity contribution in [1.29, 1.82) is 0 Å². The minimum atomic E-state index is -1.08. The molecule has 2 atom stereocenters. The number of hydrogen-bond donors (Lipinski definition) is 0. The lowest BCUT2D eigenvalue weighted by Gasteiger charge is -2.46. The van der Waals surface area contributed by atoms with Crippen molar-refractivity contribution in [2.24, 2.45) is 0 Å². The fraction of sp³-hybridized carbons (Fsp3) is 0.196. The van der Waals surface area contributed by atoms with Crippen LogP contribution in [0.25, 0.3) is 0 Å². The molecule has 2 unspecified atom stereocenters. The second-order valence-corrected chi connectivity index (χ2v) is 20.5. The molecule has 0 aliphatic carbocycles. The Bertz CT molecular complexity index is 1850. The summed E-state index contributed by atoms with van der Waals surface area (Å²) in [5, 5.41) is 7.39. The first-order valence-electron chi connectivity index (χ1n) is 18.3. The number of likely N-dealkylation sites (tertiary alicyclic amines) is 1. The van der Waals surface area contributed by atoms with Gasteiger partial charge in [-0.3, -0.25) is 4.90 Å². The van der Waals surface area contributed by atoms with E-state index in [2.05, 4.69) is 194 Å². The third-order valence-corrected chi connectivity index (χ3v) is 18.6. The minimum Gasteiger partial charge on any atom is -0.449 e. The predicted molar refractivity (Wildman–Crippen MR) is 226 cm³/mol. The summed E-state index contributed by atoms with van der Waals surface area (Å²) < 4.78 is 6.29. The Morgan fingerprint density at radius 1 is 0.596 bits per heavy atom. The number of unbranched alkanes of at least 4 members (excludes halogenated alkanes) is 1. The SMILES string of the molecule is CCCCOC(=O)N1CC(P(c2ccccc2)c2ccccc2)CC1(CP(c1ccccc1)c1ccccc1)P(c1ccccc1)c1ccccc1. The fourth-order valence-corrected chi connectivity index (χ4v) is 17.1. The second-order valence-electron chi connectivity index (χ2n) is 13.2. The van der Waals surface area contributed by atoms with Crippen molar-refractivity contribution in [3.63, 3.8) is 0 Å². The number of benzene rings is 6. The normalized spacial score (nSPS) is 17.2. The molecule has 52 heavy (non-hydrogen) atoms. The van der Waals surface area contributed by atoms with Gasteiger partial charge in [-0.25, -0.2) is 4.79 Å². The summed E-state index contributed by atoms with van der Waals surface area (Å²) in [6.45, 7) is 3.22. The molecule has 0 radical (unpaired) electrons. The van der Waals surface area contributed by atoms with Crippen molar-refractivity contribution in [1.82, 2.24) is 4.90 Å². The molecule has 6 aromatic carbocycles. The highest BCUT2D eigenvalue weighted by molar-refractivity contribution is 7.78. The quantitative estimate of drug-likeness (QED) is 0.0875. The molecule has 6 heteroatoms. The molecule has 1 aliphatic rings. The molecule has 0 bridgehead atoms. The molecular weight excluding hydrogens is 691 g/mol. The number of nitrogens with zero attached hydrogens (tertiary/aromatic N) is 1. The summed E-state index contributed by atoms with van der Waals surface area (Å²) in [4.78, 5) is 17.2. The van der Waals surface area contributed by atoms with Crippen LogP contribution in [0.3, 0.4) is 0 Å². The van der Waals surface area contributed by atoms with E-state index >= 15 is 0 Å². The second kappa shape index (κ2) is 17.6. The Labute approximate surface area is 313 Å². The molecule has 7 rings (SSSR count). The molecule has 1 aliphatic heterocycles. The number of carbonyl (C=O) groups is 1. The van der Waals surface area contributed by atoms with Crippen molar-refractivity contribution < 1.29 is 9.53 Å². The monoisotopic (exact) mass is 737 g/mol. The van der Waals surface area contributed by atoms with E-state index in [-0.39, 0.29) is 11.8 Å². The molecule has 1 saturated heterocycles.